The van der Waals surface area contributed by atoms with Crippen molar-refractivity contribution in [1.82, 2.24) is 4.90 Å². The second-order valence-electron chi connectivity index (χ2n) is 4.41. The predicted molar refractivity (Wildman–Crippen MR) is 79.5 cm³/mol. The number of nitrogens with zero attached hydrogens (tertiary/aromatic N) is 1. The molecule has 0 bridgehead atoms. The minimum Gasteiger partial charge on any atom is -0.398 e. The molecule has 0 saturated carbocycles. The summed E-state index contributed by atoms with van der Waals surface area (Å²) in [5.41, 5.74) is 7.69. The van der Waals surface area contributed by atoms with Crippen LogP contribution in [0.5, 0.6) is 0 Å². The number of carbonyl (C=O) groups excluding carboxylic acids is 1. The molecule has 0 aliphatic carbocycles. The molecule has 1 atom stereocenters. The van der Waals surface area contributed by atoms with Crippen molar-refractivity contribution in [2.24, 2.45) is 5.92 Å². The Bertz CT molecular complexity index is 395. The SMILES string of the molecule is CCN(Cc1ccccc1N)C(=O)C(C)CSC. The van der Waals surface area contributed by atoms with Crippen molar-refractivity contribution in [2.75, 3.05) is 24.3 Å². The second-order valence-corrected chi connectivity index (χ2v) is 5.32. The van der Waals surface area contributed by atoms with Crippen molar-refractivity contribution in [2.45, 2.75) is 20.4 Å². The maximum atomic E-state index is 12.3. The smallest absolute Gasteiger partial charge is 0.226 e. The van der Waals surface area contributed by atoms with Crippen LogP contribution < -0.4 is 5.73 Å². The van der Waals surface area contributed by atoms with Gasteiger partial charge in [0.15, 0.2) is 0 Å². The first-order chi connectivity index (χ1) is 8.60. The lowest BCUT2D eigenvalue weighted by Crippen LogP contribution is -2.35. The fourth-order valence-electron chi connectivity index (χ4n) is 1.86. The molecule has 0 saturated heterocycles. The monoisotopic (exact) mass is 266 g/mol. The Morgan fingerprint density at radius 3 is 2.67 bits per heavy atom. The number of hydrogen-bond acceptors (Lipinski definition) is 3. The van der Waals surface area contributed by atoms with Crippen LogP contribution in [0.4, 0.5) is 5.69 Å². The van der Waals surface area contributed by atoms with E-state index in [4.69, 9.17) is 5.73 Å². The second kappa shape index (κ2) is 7.31. The Morgan fingerprint density at radius 2 is 2.11 bits per heavy atom. The molecule has 2 N–H and O–H groups in total. The summed E-state index contributed by atoms with van der Waals surface area (Å²) >= 11 is 1.70. The van der Waals surface area contributed by atoms with Crippen LogP contribution in [0, 0.1) is 5.92 Å². The third-order valence-corrected chi connectivity index (χ3v) is 3.78. The quantitative estimate of drug-likeness (QED) is 0.805. The van der Waals surface area contributed by atoms with E-state index in [0.29, 0.717) is 13.1 Å². The summed E-state index contributed by atoms with van der Waals surface area (Å²) in [5.74, 6) is 1.12. The zero-order valence-electron chi connectivity index (χ0n) is 11.3. The number of hydrogen-bond donors (Lipinski definition) is 1. The van der Waals surface area contributed by atoms with Gasteiger partial charge in [-0.3, -0.25) is 4.79 Å². The number of thioether (sulfide) groups is 1. The van der Waals surface area contributed by atoms with Crippen molar-refractivity contribution in [1.29, 1.82) is 0 Å². The van der Waals surface area contributed by atoms with Gasteiger partial charge in [0.1, 0.15) is 0 Å². The summed E-state index contributed by atoms with van der Waals surface area (Å²) in [6, 6.07) is 7.71. The zero-order valence-corrected chi connectivity index (χ0v) is 12.2. The van der Waals surface area contributed by atoms with Crippen LogP contribution in [-0.4, -0.2) is 29.4 Å². The van der Waals surface area contributed by atoms with E-state index in [1.807, 2.05) is 49.3 Å². The molecule has 1 rings (SSSR count). The number of anilines is 1. The first-order valence-electron chi connectivity index (χ1n) is 6.21. The van der Waals surface area contributed by atoms with Crippen molar-refractivity contribution in [3.63, 3.8) is 0 Å². The maximum absolute atomic E-state index is 12.3. The number of nitrogens with two attached hydrogens (primary N) is 1. The molecule has 0 aromatic heterocycles. The van der Waals surface area contributed by atoms with Gasteiger partial charge in [-0.1, -0.05) is 25.1 Å². The third kappa shape index (κ3) is 3.95. The van der Waals surface area contributed by atoms with Gasteiger partial charge in [-0.2, -0.15) is 11.8 Å². The van der Waals surface area contributed by atoms with Gasteiger partial charge in [-0.15, -0.1) is 0 Å². The van der Waals surface area contributed by atoms with Gasteiger partial charge < -0.3 is 10.6 Å². The molecule has 18 heavy (non-hydrogen) atoms. The molecule has 1 aromatic rings. The number of para-hydroxylation sites is 1. The van der Waals surface area contributed by atoms with Gasteiger partial charge in [0.05, 0.1) is 0 Å². The summed E-state index contributed by atoms with van der Waals surface area (Å²) in [6.45, 7) is 5.30. The highest BCUT2D eigenvalue weighted by molar-refractivity contribution is 7.98. The average molecular weight is 266 g/mol. The minimum atomic E-state index is 0.0601. The zero-order chi connectivity index (χ0) is 13.5. The van der Waals surface area contributed by atoms with Crippen LogP contribution in [0.1, 0.15) is 19.4 Å². The Balaban J connectivity index is 2.73. The van der Waals surface area contributed by atoms with Crippen LogP contribution in [0.2, 0.25) is 0 Å². The predicted octanol–water partition coefficient (Wildman–Crippen LogP) is 2.62. The standard InChI is InChI=1S/C14H22N2OS/c1-4-16(14(17)11(2)10-18-3)9-12-7-5-6-8-13(12)15/h5-8,11H,4,9-10,15H2,1-3H3. The fraction of sp³-hybridized carbons (Fsp3) is 0.500. The highest BCUT2D eigenvalue weighted by Gasteiger charge is 2.19. The van der Waals surface area contributed by atoms with Crippen molar-refractivity contribution >= 4 is 23.4 Å². The first-order valence-corrected chi connectivity index (χ1v) is 7.60. The molecule has 4 heteroatoms. The molecule has 1 aromatic carbocycles. The Kier molecular flexibility index (Phi) is 6.05. The number of carbonyl (C=O) groups is 1. The van der Waals surface area contributed by atoms with E-state index in [-0.39, 0.29) is 11.8 Å². The average Bonchev–Trinajstić information content (AvgIpc) is 2.37. The Labute approximate surface area is 114 Å². The Hall–Kier alpha value is -1.16. The van der Waals surface area contributed by atoms with Crippen LogP contribution in [0.25, 0.3) is 0 Å². The van der Waals surface area contributed by atoms with Gasteiger partial charge in [0.25, 0.3) is 0 Å². The number of rotatable bonds is 6. The highest BCUT2D eigenvalue weighted by Crippen LogP contribution is 2.16. The molecule has 1 unspecified atom stereocenters. The van der Waals surface area contributed by atoms with Gasteiger partial charge >= 0.3 is 0 Å². The highest BCUT2D eigenvalue weighted by atomic mass is 32.2. The summed E-state index contributed by atoms with van der Waals surface area (Å²) in [7, 11) is 0. The maximum Gasteiger partial charge on any atom is 0.226 e. The van der Waals surface area contributed by atoms with E-state index in [1.165, 1.54) is 0 Å². The molecule has 1 amide bonds. The molecule has 0 radical (unpaired) electrons. The van der Waals surface area contributed by atoms with Crippen LogP contribution >= 0.6 is 11.8 Å². The van der Waals surface area contributed by atoms with Crippen molar-refractivity contribution in [3.8, 4) is 0 Å². The lowest BCUT2D eigenvalue weighted by atomic mass is 10.1. The third-order valence-electron chi connectivity index (χ3n) is 2.95. The van der Waals surface area contributed by atoms with Crippen molar-refractivity contribution in [3.05, 3.63) is 29.8 Å². The summed E-state index contributed by atoms with van der Waals surface area (Å²) < 4.78 is 0. The summed E-state index contributed by atoms with van der Waals surface area (Å²) in [6.07, 6.45) is 2.02. The minimum absolute atomic E-state index is 0.0601. The van der Waals surface area contributed by atoms with Crippen LogP contribution in [0.15, 0.2) is 24.3 Å². The van der Waals surface area contributed by atoms with E-state index in [2.05, 4.69) is 0 Å². The molecule has 100 valence electrons. The van der Waals surface area contributed by atoms with Crippen LogP contribution in [0.3, 0.4) is 0 Å². The van der Waals surface area contributed by atoms with E-state index in [9.17, 15) is 4.79 Å². The van der Waals surface area contributed by atoms with E-state index >= 15 is 0 Å². The van der Waals surface area contributed by atoms with Gasteiger partial charge in [0, 0.05) is 30.4 Å². The molecule has 0 fully saturated rings. The van der Waals surface area contributed by atoms with Gasteiger partial charge in [0.2, 0.25) is 5.91 Å². The topological polar surface area (TPSA) is 46.3 Å². The number of nitrogen functional groups attached to an aromatic ring is 1. The van der Waals surface area contributed by atoms with Gasteiger partial charge in [-0.05, 0) is 24.8 Å². The first kappa shape index (κ1) is 14.9. The van der Waals surface area contributed by atoms with E-state index in [0.717, 1.165) is 17.0 Å². The van der Waals surface area contributed by atoms with Crippen molar-refractivity contribution < 1.29 is 4.79 Å². The largest absolute Gasteiger partial charge is 0.398 e. The Morgan fingerprint density at radius 1 is 1.44 bits per heavy atom. The molecule has 0 aliphatic rings. The molecular weight excluding hydrogens is 244 g/mol. The molecule has 0 spiro atoms. The summed E-state index contributed by atoms with van der Waals surface area (Å²) in [4.78, 5) is 14.1. The molecule has 0 heterocycles. The lowest BCUT2D eigenvalue weighted by molar-refractivity contribution is -0.134. The van der Waals surface area contributed by atoms with Crippen LogP contribution in [-0.2, 0) is 11.3 Å². The summed E-state index contributed by atoms with van der Waals surface area (Å²) in [5, 5.41) is 0. The molecule has 0 aliphatic heterocycles. The normalized spacial score (nSPS) is 12.2. The lowest BCUT2D eigenvalue weighted by Gasteiger charge is -2.24. The van der Waals surface area contributed by atoms with Gasteiger partial charge in [-0.25, -0.2) is 0 Å². The molecule has 3 nitrogen and oxygen atoms in total. The van der Waals surface area contributed by atoms with E-state index in [1.54, 1.807) is 11.8 Å². The molecular formula is C14H22N2OS. The number of amides is 1. The van der Waals surface area contributed by atoms with E-state index < -0.39 is 0 Å². The fourth-order valence-corrected chi connectivity index (χ4v) is 2.50. The number of benzene rings is 1.